The third-order valence-corrected chi connectivity index (χ3v) is 5.09. The van der Waals surface area contributed by atoms with Crippen LogP contribution in [0.1, 0.15) is 36.9 Å². The molecule has 2 heterocycles. The molecule has 4 nitrogen and oxygen atoms in total. The van der Waals surface area contributed by atoms with E-state index in [0.29, 0.717) is 6.42 Å². The fourth-order valence-electron chi connectivity index (χ4n) is 4.14. The summed E-state index contributed by atoms with van der Waals surface area (Å²) < 4.78 is 4.98. The third-order valence-electron chi connectivity index (χ3n) is 5.09. The number of ether oxygens (including phenoxy) is 1. The minimum absolute atomic E-state index is 0.0779. The molecule has 1 aromatic heterocycles. The van der Waals surface area contributed by atoms with Gasteiger partial charge in [0.25, 0.3) is 0 Å². The van der Waals surface area contributed by atoms with Gasteiger partial charge in [0.15, 0.2) is 0 Å². The van der Waals surface area contributed by atoms with Crippen LogP contribution in [0.3, 0.4) is 0 Å². The molecule has 1 atom stereocenters. The van der Waals surface area contributed by atoms with Crippen molar-refractivity contribution < 1.29 is 9.53 Å². The van der Waals surface area contributed by atoms with Crippen LogP contribution in [0.4, 0.5) is 0 Å². The number of esters is 1. The Labute approximate surface area is 123 Å². The lowest BCUT2D eigenvalue weighted by atomic mass is 9.82. The van der Waals surface area contributed by atoms with Crippen molar-refractivity contribution in [1.29, 1.82) is 0 Å². The van der Waals surface area contributed by atoms with E-state index in [9.17, 15) is 4.79 Å². The fourth-order valence-corrected chi connectivity index (χ4v) is 4.14. The van der Waals surface area contributed by atoms with Crippen LogP contribution in [0.15, 0.2) is 24.3 Å². The molecule has 4 rings (SSSR count). The predicted octanol–water partition coefficient (Wildman–Crippen LogP) is 2.62. The fraction of sp³-hybridized carbons (Fsp3) is 0.471. The Hall–Kier alpha value is -1.81. The molecule has 0 radical (unpaired) electrons. The van der Waals surface area contributed by atoms with Gasteiger partial charge in [0.2, 0.25) is 0 Å². The van der Waals surface area contributed by atoms with E-state index >= 15 is 0 Å². The summed E-state index contributed by atoms with van der Waals surface area (Å²) in [5.74, 6) is -0.155. The quantitative estimate of drug-likeness (QED) is 0.792. The van der Waals surface area contributed by atoms with Gasteiger partial charge in [0.05, 0.1) is 12.6 Å². The number of aromatic amines is 1. The molecule has 1 saturated carbocycles. The maximum absolute atomic E-state index is 12.1. The first-order valence-electron chi connectivity index (χ1n) is 7.69. The number of hydrogen-bond donors (Lipinski definition) is 2. The Bertz CT molecular complexity index is 698. The maximum atomic E-state index is 12.1. The van der Waals surface area contributed by atoms with E-state index in [1.807, 2.05) is 0 Å². The zero-order chi connectivity index (χ0) is 14.4. The first-order valence-corrected chi connectivity index (χ1v) is 7.69. The molecular formula is C17H20N2O2. The van der Waals surface area contributed by atoms with Crippen molar-refractivity contribution in [2.75, 3.05) is 7.11 Å². The summed E-state index contributed by atoms with van der Waals surface area (Å²) in [6, 6.07) is 8.14. The highest BCUT2D eigenvalue weighted by atomic mass is 16.5. The molecule has 1 fully saturated rings. The van der Waals surface area contributed by atoms with E-state index in [0.717, 1.165) is 12.8 Å². The zero-order valence-electron chi connectivity index (χ0n) is 12.2. The number of aromatic nitrogens is 1. The number of carbonyl (C=O) groups excluding carboxylic acids is 1. The SMILES string of the molecule is COC(=O)C1Cc2c([nH]c3ccccc23)C2(CCCC2)N1. The second-order valence-electron chi connectivity index (χ2n) is 6.24. The van der Waals surface area contributed by atoms with Crippen molar-refractivity contribution in [3.05, 3.63) is 35.5 Å². The normalized spacial score (nSPS) is 23.4. The van der Waals surface area contributed by atoms with Crippen molar-refractivity contribution in [3.8, 4) is 0 Å². The van der Waals surface area contributed by atoms with Gasteiger partial charge < -0.3 is 9.72 Å². The van der Waals surface area contributed by atoms with Gasteiger partial charge in [-0.15, -0.1) is 0 Å². The van der Waals surface area contributed by atoms with E-state index in [1.54, 1.807) is 0 Å². The smallest absolute Gasteiger partial charge is 0.323 e. The molecule has 1 aliphatic heterocycles. The molecule has 1 spiro atoms. The van der Waals surface area contributed by atoms with Gasteiger partial charge >= 0.3 is 5.97 Å². The molecule has 110 valence electrons. The van der Waals surface area contributed by atoms with Crippen LogP contribution in [-0.2, 0) is 21.5 Å². The van der Waals surface area contributed by atoms with Crippen molar-refractivity contribution in [2.45, 2.75) is 43.7 Å². The summed E-state index contributed by atoms with van der Waals surface area (Å²) in [5.41, 5.74) is 3.68. The van der Waals surface area contributed by atoms with Crippen LogP contribution >= 0.6 is 0 Å². The summed E-state index contributed by atoms with van der Waals surface area (Å²) in [4.78, 5) is 15.7. The number of benzene rings is 1. The average Bonchev–Trinajstić information content (AvgIpc) is 3.12. The number of fused-ring (bicyclic) bond motifs is 4. The van der Waals surface area contributed by atoms with Crippen LogP contribution in [0, 0.1) is 0 Å². The van der Waals surface area contributed by atoms with Crippen LogP contribution < -0.4 is 5.32 Å². The maximum Gasteiger partial charge on any atom is 0.323 e. The summed E-state index contributed by atoms with van der Waals surface area (Å²) in [7, 11) is 1.47. The topological polar surface area (TPSA) is 54.1 Å². The molecule has 1 unspecified atom stereocenters. The molecule has 21 heavy (non-hydrogen) atoms. The second-order valence-corrected chi connectivity index (χ2v) is 6.24. The first-order chi connectivity index (χ1) is 10.2. The first kappa shape index (κ1) is 12.9. The van der Waals surface area contributed by atoms with Gasteiger partial charge in [-0.3, -0.25) is 10.1 Å². The summed E-state index contributed by atoms with van der Waals surface area (Å²) in [5, 5.41) is 4.84. The Morgan fingerprint density at radius 3 is 2.81 bits per heavy atom. The Morgan fingerprint density at radius 1 is 1.29 bits per heavy atom. The molecule has 4 heteroatoms. The number of para-hydroxylation sites is 1. The minimum atomic E-state index is -0.236. The van der Waals surface area contributed by atoms with Gasteiger partial charge in [-0.25, -0.2) is 0 Å². The number of methoxy groups -OCH3 is 1. The summed E-state index contributed by atoms with van der Waals surface area (Å²) >= 11 is 0. The van der Waals surface area contributed by atoms with Gasteiger partial charge in [0.1, 0.15) is 6.04 Å². The highest BCUT2D eigenvalue weighted by Gasteiger charge is 2.45. The standard InChI is InChI=1S/C17H20N2O2/c1-21-16(20)14-10-12-11-6-2-3-7-13(11)18-15(12)17(19-14)8-4-5-9-17/h2-3,6-7,14,18-19H,4-5,8-10H2,1H3. The molecule has 1 aromatic carbocycles. The third kappa shape index (κ3) is 1.82. The molecule has 2 aliphatic rings. The summed E-state index contributed by atoms with van der Waals surface area (Å²) in [6.07, 6.45) is 5.28. The predicted molar refractivity (Wildman–Crippen MR) is 81.1 cm³/mol. The molecule has 0 bridgehead atoms. The van der Waals surface area contributed by atoms with Crippen LogP contribution in [-0.4, -0.2) is 24.1 Å². The molecule has 2 aromatic rings. The zero-order valence-corrected chi connectivity index (χ0v) is 12.2. The van der Waals surface area contributed by atoms with Crippen molar-refractivity contribution >= 4 is 16.9 Å². The van der Waals surface area contributed by atoms with E-state index in [-0.39, 0.29) is 17.6 Å². The summed E-state index contributed by atoms with van der Waals surface area (Å²) in [6.45, 7) is 0. The van der Waals surface area contributed by atoms with Gasteiger partial charge in [-0.05, 0) is 24.5 Å². The molecule has 0 saturated heterocycles. The van der Waals surface area contributed by atoms with Crippen LogP contribution in [0.2, 0.25) is 0 Å². The highest BCUT2D eigenvalue weighted by molar-refractivity contribution is 5.87. The number of H-pyrrole nitrogens is 1. The molecule has 2 N–H and O–H groups in total. The van der Waals surface area contributed by atoms with E-state index in [4.69, 9.17) is 4.74 Å². The lowest BCUT2D eigenvalue weighted by Gasteiger charge is -2.38. The Kier molecular flexibility index (Phi) is 2.82. The van der Waals surface area contributed by atoms with E-state index < -0.39 is 0 Å². The monoisotopic (exact) mass is 284 g/mol. The number of carbonyl (C=O) groups is 1. The second kappa shape index (κ2) is 4.60. The Balaban J connectivity index is 1.89. The minimum Gasteiger partial charge on any atom is -0.468 e. The van der Waals surface area contributed by atoms with Crippen molar-refractivity contribution in [2.24, 2.45) is 0 Å². The number of nitrogens with one attached hydrogen (secondary N) is 2. The number of hydrogen-bond acceptors (Lipinski definition) is 3. The molecular weight excluding hydrogens is 264 g/mol. The van der Waals surface area contributed by atoms with E-state index in [2.05, 4.69) is 34.6 Å². The Morgan fingerprint density at radius 2 is 2.05 bits per heavy atom. The van der Waals surface area contributed by atoms with Gasteiger partial charge in [-0.1, -0.05) is 31.0 Å². The largest absolute Gasteiger partial charge is 0.468 e. The highest BCUT2D eigenvalue weighted by Crippen LogP contribution is 2.45. The van der Waals surface area contributed by atoms with Gasteiger partial charge in [-0.2, -0.15) is 0 Å². The van der Waals surface area contributed by atoms with E-state index in [1.165, 1.54) is 42.1 Å². The molecule has 0 amide bonds. The number of rotatable bonds is 1. The van der Waals surface area contributed by atoms with Crippen LogP contribution in [0.25, 0.3) is 10.9 Å². The lowest BCUT2D eigenvalue weighted by Crippen LogP contribution is -2.54. The van der Waals surface area contributed by atoms with Gasteiger partial charge in [0, 0.05) is 23.0 Å². The average molecular weight is 284 g/mol. The van der Waals surface area contributed by atoms with Crippen LogP contribution in [0.5, 0.6) is 0 Å². The van der Waals surface area contributed by atoms with Crippen molar-refractivity contribution in [3.63, 3.8) is 0 Å². The lowest BCUT2D eigenvalue weighted by molar-refractivity contribution is -0.144. The van der Waals surface area contributed by atoms with Crippen molar-refractivity contribution in [1.82, 2.24) is 10.3 Å². The molecule has 1 aliphatic carbocycles.